The maximum atomic E-state index is 14.2. The molecule has 18 heteroatoms. The average molecular weight is 726 g/mol. The molecule has 0 bridgehead atoms. The van der Waals surface area contributed by atoms with E-state index < -0.39 is 50.9 Å². The van der Waals surface area contributed by atoms with E-state index in [2.05, 4.69) is 25.7 Å². The van der Waals surface area contributed by atoms with Crippen molar-refractivity contribution in [2.24, 2.45) is 5.16 Å². The highest BCUT2D eigenvalue weighted by Crippen LogP contribution is 2.42. The Labute approximate surface area is 287 Å². The van der Waals surface area contributed by atoms with E-state index in [1.165, 1.54) is 29.2 Å². The highest BCUT2D eigenvalue weighted by Gasteiger charge is 2.55. The van der Waals surface area contributed by atoms with Crippen molar-refractivity contribution in [3.8, 4) is 0 Å². The molecule has 2 aromatic carbocycles. The number of ether oxygens (including phenoxy) is 1. The molecule has 0 spiro atoms. The van der Waals surface area contributed by atoms with Crippen LogP contribution in [0, 0.1) is 6.92 Å². The molecule has 2 atom stereocenters. The highest BCUT2D eigenvalue weighted by atomic mass is 32.2. The van der Waals surface area contributed by atoms with Gasteiger partial charge in [-0.3, -0.25) is 14.5 Å². The molecule has 4 aromatic rings. The third kappa shape index (κ3) is 6.69. The standard InChI is InChI=1S/C30H27N7O7S4/c1-16-34-35-30(47-16)48(41,42)15-19-13-45-27-22(33-25(38)21(36-43-2)20-14-46-29(31)32-20)26(39)37(27)23(19)28(40)44-24(17-9-5-3-6-10-17)18-11-7-4-8-12-18/h3-12,14,22,24,27H,13,15H2,1-2H3,(H2,31,32)(H,33,38)/b36-21+/t22-,27-/m1/s1. The maximum absolute atomic E-state index is 14.2. The number of aryl methyl sites for hydroxylation is 1. The number of anilines is 1. The van der Waals surface area contributed by atoms with E-state index in [1.54, 1.807) is 55.5 Å². The molecule has 3 N–H and O–H groups in total. The number of thioether (sulfide) groups is 1. The Morgan fingerprint density at radius 2 is 1.77 bits per heavy atom. The van der Waals surface area contributed by atoms with Crippen LogP contribution in [0.3, 0.4) is 0 Å². The minimum Gasteiger partial charge on any atom is -0.448 e. The number of nitrogen functional groups attached to an aromatic ring is 1. The van der Waals surface area contributed by atoms with E-state index in [1.807, 2.05) is 12.1 Å². The highest BCUT2D eigenvalue weighted by molar-refractivity contribution is 8.00. The summed E-state index contributed by atoms with van der Waals surface area (Å²) in [5.74, 6) is -2.83. The topological polar surface area (TPSA) is 196 Å². The number of benzene rings is 2. The zero-order chi connectivity index (χ0) is 34.0. The molecule has 2 aliphatic heterocycles. The summed E-state index contributed by atoms with van der Waals surface area (Å²) in [5, 5.41) is 15.5. The lowest BCUT2D eigenvalue weighted by atomic mass is 10.0. The van der Waals surface area contributed by atoms with Gasteiger partial charge in [0.2, 0.25) is 14.2 Å². The molecule has 2 aliphatic rings. The van der Waals surface area contributed by atoms with Crippen LogP contribution in [0.25, 0.3) is 0 Å². The summed E-state index contributed by atoms with van der Waals surface area (Å²) >= 11 is 3.21. The number of nitrogens with two attached hydrogens (primary N) is 1. The summed E-state index contributed by atoms with van der Waals surface area (Å²) in [6.45, 7) is 1.63. The van der Waals surface area contributed by atoms with Crippen molar-refractivity contribution >= 4 is 72.9 Å². The van der Waals surface area contributed by atoms with Crippen molar-refractivity contribution in [2.75, 3.05) is 24.3 Å². The molecule has 0 radical (unpaired) electrons. The van der Waals surface area contributed by atoms with Crippen molar-refractivity contribution < 1.29 is 32.4 Å². The van der Waals surface area contributed by atoms with E-state index in [0.29, 0.717) is 16.1 Å². The lowest BCUT2D eigenvalue weighted by Gasteiger charge is -2.49. The summed E-state index contributed by atoms with van der Waals surface area (Å²) in [6, 6.07) is 17.0. The average Bonchev–Trinajstić information content (AvgIpc) is 3.73. The van der Waals surface area contributed by atoms with Gasteiger partial charge in [-0.2, -0.15) is 0 Å². The molecular weight excluding hydrogens is 699 g/mol. The van der Waals surface area contributed by atoms with Crippen molar-refractivity contribution in [1.29, 1.82) is 0 Å². The van der Waals surface area contributed by atoms with Gasteiger partial charge < -0.3 is 20.6 Å². The molecule has 1 fully saturated rings. The number of β-lactam (4-membered cyclic amide) rings is 1. The van der Waals surface area contributed by atoms with Crippen LogP contribution in [0.2, 0.25) is 0 Å². The molecule has 0 saturated carbocycles. The van der Waals surface area contributed by atoms with Gasteiger partial charge in [0, 0.05) is 11.1 Å². The van der Waals surface area contributed by atoms with Crippen LogP contribution in [-0.4, -0.2) is 82.0 Å². The molecular formula is C30H27N7O7S4. The van der Waals surface area contributed by atoms with E-state index in [-0.39, 0.29) is 37.9 Å². The first-order valence-corrected chi connectivity index (χ1v) is 18.6. The second-order valence-electron chi connectivity index (χ2n) is 10.5. The largest absolute Gasteiger partial charge is 0.448 e. The number of hydrogen-bond donors (Lipinski definition) is 2. The van der Waals surface area contributed by atoms with Crippen LogP contribution in [0.4, 0.5) is 5.13 Å². The molecule has 0 aliphatic carbocycles. The number of esters is 1. The summed E-state index contributed by atoms with van der Waals surface area (Å²) < 4.78 is 32.8. The van der Waals surface area contributed by atoms with Crippen molar-refractivity contribution in [2.45, 2.75) is 28.8 Å². The maximum Gasteiger partial charge on any atom is 0.356 e. The molecule has 6 rings (SSSR count). The van der Waals surface area contributed by atoms with Gasteiger partial charge in [-0.25, -0.2) is 18.2 Å². The van der Waals surface area contributed by atoms with Crippen molar-refractivity contribution in [1.82, 2.24) is 25.4 Å². The van der Waals surface area contributed by atoms with Gasteiger partial charge in [-0.05, 0) is 23.6 Å². The first-order chi connectivity index (χ1) is 23.1. The Morgan fingerprint density at radius 3 is 2.33 bits per heavy atom. The fourth-order valence-electron chi connectivity index (χ4n) is 5.13. The van der Waals surface area contributed by atoms with Crippen LogP contribution in [0.5, 0.6) is 0 Å². The molecule has 2 aromatic heterocycles. The van der Waals surface area contributed by atoms with Crippen LogP contribution in [0.15, 0.2) is 86.8 Å². The number of thiazole rings is 1. The third-order valence-corrected chi connectivity index (χ3v) is 12.3. The number of carbonyl (C=O) groups is 3. The first kappa shape index (κ1) is 33.3. The molecule has 248 valence electrons. The minimum absolute atomic E-state index is 0.0469. The Morgan fingerprint density at radius 1 is 1.10 bits per heavy atom. The molecule has 0 unspecified atom stereocenters. The number of hydrogen-bond acceptors (Lipinski definition) is 15. The zero-order valence-electron chi connectivity index (χ0n) is 25.3. The predicted octanol–water partition coefficient (Wildman–Crippen LogP) is 2.70. The fourth-order valence-corrected chi connectivity index (χ4v) is 9.60. The van der Waals surface area contributed by atoms with Crippen LogP contribution < -0.4 is 11.1 Å². The molecule has 2 amide bonds. The minimum atomic E-state index is -4.04. The van der Waals surface area contributed by atoms with Gasteiger partial charge in [0.15, 0.2) is 16.9 Å². The predicted molar refractivity (Wildman–Crippen MR) is 180 cm³/mol. The van der Waals surface area contributed by atoms with Crippen LogP contribution in [0.1, 0.15) is 27.9 Å². The van der Waals surface area contributed by atoms with E-state index in [0.717, 1.165) is 22.7 Å². The molecule has 48 heavy (non-hydrogen) atoms. The number of aromatic nitrogens is 3. The Hall–Kier alpha value is -4.65. The van der Waals surface area contributed by atoms with Crippen LogP contribution in [-0.2, 0) is 33.8 Å². The number of fused-ring (bicyclic) bond motifs is 1. The van der Waals surface area contributed by atoms with Gasteiger partial charge in [0.25, 0.3) is 11.8 Å². The Bertz CT molecular complexity index is 1990. The second kappa shape index (κ2) is 13.8. The number of oxime groups is 1. The smallest absolute Gasteiger partial charge is 0.356 e. The van der Waals surface area contributed by atoms with Crippen molar-refractivity contribution in [3.63, 3.8) is 0 Å². The Balaban J connectivity index is 1.33. The number of carbonyl (C=O) groups excluding carboxylic acids is 3. The summed E-state index contributed by atoms with van der Waals surface area (Å²) in [5.41, 5.74) is 6.99. The normalized spacial score (nSPS) is 17.9. The van der Waals surface area contributed by atoms with Gasteiger partial charge in [-0.15, -0.1) is 33.3 Å². The van der Waals surface area contributed by atoms with E-state index >= 15 is 0 Å². The summed E-state index contributed by atoms with van der Waals surface area (Å²) in [7, 11) is -2.78. The fraction of sp³-hybridized carbons (Fsp3) is 0.233. The molecule has 4 heterocycles. The van der Waals surface area contributed by atoms with E-state index in [9.17, 15) is 22.8 Å². The molecule has 1 saturated heterocycles. The lowest BCUT2D eigenvalue weighted by molar-refractivity contribution is -0.154. The number of rotatable bonds is 11. The third-order valence-electron chi connectivity index (χ3n) is 7.26. The lowest BCUT2D eigenvalue weighted by Crippen LogP contribution is -2.71. The van der Waals surface area contributed by atoms with Gasteiger partial charge >= 0.3 is 5.97 Å². The van der Waals surface area contributed by atoms with Gasteiger partial charge in [0.1, 0.15) is 34.9 Å². The van der Waals surface area contributed by atoms with Gasteiger partial charge in [-0.1, -0.05) is 77.2 Å². The quantitative estimate of drug-likeness (QED) is 0.0995. The number of nitrogens with one attached hydrogen (secondary N) is 1. The summed E-state index contributed by atoms with van der Waals surface area (Å²) in [6.07, 6.45) is -0.866. The monoisotopic (exact) mass is 725 g/mol. The zero-order valence-corrected chi connectivity index (χ0v) is 28.6. The number of nitrogens with zero attached hydrogens (tertiary/aromatic N) is 5. The SMILES string of the molecule is CO/N=C(/C(=O)N[C@@H]1C(=O)N2C(C(=O)OC(c3ccccc3)c3ccccc3)=C(CS(=O)(=O)c3nnc(C)s3)CS[C@H]12)c1csc(N)n1. The Kier molecular flexibility index (Phi) is 9.58. The summed E-state index contributed by atoms with van der Waals surface area (Å²) in [4.78, 5) is 51.3. The first-order valence-electron chi connectivity index (χ1n) is 14.2. The van der Waals surface area contributed by atoms with Gasteiger partial charge in [0.05, 0.1) is 5.75 Å². The molecule has 14 nitrogen and oxygen atoms in total. The number of sulfone groups is 1. The van der Waals surface area contributed by atoms with Crippen LogP contribution >= 0.6 is 34.4 Å². The number of amides is 2. The van der Waals surface area contributed by atoms with E-state index in [4.69, 9.17) is 15.3 Å². The second-order valence-corrected chi connectivity index (χ2v) is 15.8. The van der Waals surface area contributed by atoms with Crippen molar-refractivity contribution in [3.05, 3.63) is 99.1 Å².